The van der Waals surface area contributed by atoms with Gasteiger partial charge in [0.05, 0.1) is 18.2 Å². The lowest BCUT2D eigenvalue weighted by molar-refractivity contribution is 0.0837. The molecule has 4 N–H and O–H groups in total. The summed E-state index contributed by atoms with van der Waals surface area (Å²) in [6, 6.07) is 8.41. The minimum Gasteiger partial charge on any atom is -0.393 e. The van der Waals surface area contributed by atoms with Crippen LogP contribution in [-0.4, -0.2) is 35.0 Å². The molecule has 0 amide bonds. The van der Waals surface area contributed by atoms with E-state index in [0.717, 1.165) is 41.5 Å². The molecular formula is C17H18N4O. The molecule has 0 radical (unpaired) electrons. The van der Waals surface area contributed by atoms with Gasteiger partial charge in [0.1, 0.15) is 5.82 Å². The highest BCUT2D eigenvalue weighted by Crippen LogP contribution is 2.31. The van der Waals surface area contributed by atoms with Gasteiger partial charge < -0.3 is 16.2 Å². The maximum Gasteiger partial charge on any atom is 0.126 e. The first-order valence-corrected chi connectivity index (χ1v) is 7.53. The standard InChI is InChI=1S/C17H18N4O/c18-17-8-16(20-12-6-13(22)7-12)14-2-1-10(5-15(14)21-17)11-3-4-19-9-11/h1-5,8,12-13,22H,6-7,9H2,(H3,18,20,21). The monoisotopic (exact) mass is 294 g/mol. The van der Waals surface area contributed by atoms with E-state index in [1.807, 2.05) is 18.4 Å². The van der Waals surface area contributed by atoms with Crippen LogP contribution in [0.15, 0.2) is 35.3 Å². The Hall–Kier alpha value is -2.40. The Bertz CT molecular complexity index is 791. The molecule has 0 atom stereocenters. The van der Waals surface area contributed by atoms with E-state index in [9.17, 15) is 5.11 Å². The number of nitrogens with two attached hydrogens (primary N) is 1. The van der Waals surface area contributed by atoms with Crippen molar-refractivity contribution < 1.29 is 5.11 Å². The van der Waals surface area contributed by atoms with Crippen LogP contribution in [0.1, 0.15) is 18.4 Å². The van der Waals surface area contributed by atoms with Crippen molar-refractivity contribution >= 4 is 34.2 Å². The van der Waals surface area contributed by atoms with Gasteiger partial charge in [0.15, 0.2) is 0 Å². The van der Waals surface area contributed by atoms with E-state index in [0.29, 0.717) is 11.9 Å². The van der Waals surface area contributed by atoms with Gasteiger partial charge in [-0.2, -0.15) is 0 Å². The predicted molar refractivity (Wildman–Crippen MR) is 90.1 cm³/mol. The van der Waals surface area contributed by atoms with Crippen LogP contribution in [0, 0.1) is 0 Å². The van der Waals surface area contributed by atoms with E-state index in [1.54, 1.807) is 0 Å². The first-order chi connectivity index (χ1) is 10.7. The number of aliphatic imine (C=N–C) groups is 1. The van der Waals surface area contributed by atoms with Crippen molar-refractivity contribution in [1.29, 1.82) is 0 Å². The molecule has 2 aliphatic rings. The molecule has 2 aromatic rings. The van der Waals surface area contributed by atoms with Gasteiger partial charge in [-0.1, -0.05) is 12.1 Å². The minimum atomic E-state index is -0.177. The van der Waals surface area contributed by atoms with Crippen LogP contribution in [0.25, 0.3) is 16.5 Å². The van der Waals surface area contributed by atoms with Crippen LogP contribution in [0.2, 0.25) is 0 Å². The lowest BCUT2D eigenvalue weighted by Gasteiger charge is -2.33. The second kappa shape index (κ2) is 5.10. The Kier molecular flexibility index (Phi) is 3.08. The Morgan fingerprint density at radius 1 is 1.23 bits per heavy atom. The minimum absolute atomic E-state index is 0.177. The van der Waals surface area contributed by atoms with E-state index >= 15 is 0 Å². The summed E-state index contributed by atoms with van der Waals surface area (Å²) in [5.74, 6) is 0.503. The zero-order valence-electron chi connectivity index (χ0n) is 12.2. The van der Waals surface area contributed by atoms with Crippen molar-refractivity contribution in [3.8, 4) is 0 Å². The molecule has 0 saturated heterocycles. The lowest BCUT2D eigenvalue weighted by Crippen LogP contribution is -2.39. The number of aromatic nitrogens is 1. The number of pyridine rings is 1. The van der Waals surface area contributed by atoms with Gasteiger partial charge in [-0.25, -0.2) is 4.98 Å². The number of rotatable bonds is 3. The second-order valence-corrected chi connectivity index (χ2v) is 5.97. The number of allylic oxidation sites excluding steroid dienone is 1. The van der Waals surface area contributed by atoms with E-state index in [4.69, 9.17) is 5.73 Å². The smallest absolute Gasteiger partial charge is 0.126 e. The molecule has 5 nitrogen and oxygen atoms in total. The van der Waals surface area contributed by atoms with Crippen LogP contribution >= 0.6 is 0 Å². The van der Waals surface area contributed by atoms with E-state index < -0.39 is 0 Å². The number of hydrogen-bond donors (Lipinski definition) is 3. The number of aliphatic hydroxyl groups is 1. The number of nitrogens with zero attached hydrogens (tertiary/aromatic N) is 2. The summed E-state index contributed by atoms with van der Waals surface area (Å²) < 4.78 is 0. The molecule has 0 spiro atoms. The SMILES string of the molecule is Nc1cc(NC2CC(O)C2)c2ccc(C3=CC=NC3)cc2n1. The first kappa shape index (κ1) is 13.3. The van der Waals surface area contributed by atoms with Crippen LogP contribution in [0.5, 0.6) is 0 Å². The van der Waals surface area contributed by atoms with Crippen molar-refractivity contribution in [3.63, 3.8) is 0 Å². The van der Waals surface area contributed by atoms with Crippen molar-refractivity contribution in [1.82, 2.24) is 4.98 Å². The number of fused-ring (bicyclic) bond motifs is 1. The molecule has 112 valence electrons. The van der Waals surface area contributed by atoms with Crippen LogP contribution < -0.4 is 11.1 Å². The number of anilines is 2. The zero-order chi connectivity index (χ0) is 15.1. The topological polar surface area (TPSA) is 83.5 Å². The average molecular weight is 294 g/mol. The summed E-state index contributed by atoms with van der Waals surface area (Å²) in [7, 11) is 0. The van der Waals surface area contributed by atoms with Crippen molar-refractivity contribution in [2.75, 3.05) is 17.6 Å². The van der Waals surface area contributed by atoms with Gasteiger partial charge in [0.25, 0.3) is 0 Å². The molecule has 5 heteroatoms. The summed E-state index contributed by atoms with van der Waals surface area (Å²) in [6.45, 7) is 0.721. The summed E-state index contributed by atoms with van der Waals surface area (Å²) in [6.07, 6.45) is 5.26. The summed E-state index contributed by atoms with van der Waals surface area (Å²) in [4.78, 5) is 8.68. The average Bonchev–Trinajstić information content (AvgIpc) is 2.99. The van der Waals surface area contributed by atoms with E-state index in [-0.39, 0.29) is 6.10 Å². The summed E-state index contributed by atoms with van der Waals surface area (Å²) >= 11 is 0. The van der Waals surface area contributed by atoms with Gasteiger partial charge in [0.2, 0.25) is 0 Å². The van der Waals surface area contributed by atoms with Gasteiger partial charge in [-0.05, 0) is 36.1 Å². The fourth-order valence-corrected chi connectivity index (χ4v) is 3.03. The van der Waals surface area contributed by atoms with E-state index in [1.165, 1.54) is 5.57 Å². The second-order valence-electron chi connectivity index (χ2n) is 5.97. The first-order valence-electron chi connectivity index (χ1n) is 7.53. The molecule has 1 aromatic heterocycles. The van der Waals surface area contributed by atoms with Gasteiger partial charge in [-0.15, -0.1) is 0 Å². The lowest BCUT2D eigenvalue weighted by atomic mass is 9.89. The number of nitrogens with one attached hydrogen (secondary N) is 1. The molecule has 2 heterocycles. The highest BCUT2D eigenvalue weighted by Gasteiger charge is 2.27. The third-order valence-electron chi connectivity index (χ3n) is 4.32. The molecule has 0 unspecified atom stereocenters. The molecule has 1 saturated carbocycles. The highest BCUT2D eigenvalue weighted by atomic mass is 16.3. The Morgan fingerprint density at radius 2 is 2.09 bits per heavy atom. The Morgan fingerprint density at radius 3 is 2.82 bits per heavy atom. The quantitative estimate of drug-likeness (QED) is 0.810. The van der Waals surface area contributed by atoms with Crippen molar-refractivity contribution in [2.45, 2.75) is 25.0 Å². The maximum absolute atomic E-state index is 9.43. The fraction of sp³-hybridized carbons (Fsp3) is 0.294. The number of benzene rings is 1. The summed E-state index contributed by atoms with van der Waals surface area (Å²) in [5.41, 5.74) is 10.2. The van der Waals surface area contributed by atoms with Crippen molar-refractivity contribution in [2.24, 2.45) is 4.99 Å². The maximum atomic E-state index is 9.43. The van der Waals surface area contributed by atoms with E-state index in [2.05, 4.69) is 33.5 Å². The number of aliphatic hydroxyl groups excluding tert-OH is 1. The molecule has 1 fully saturated rings. The third-order valence-corrected chi connectivity index (χ3v) is 4.32. The zero-order valence-corrected chi connectivity index (χ0v) is 12.2. The molecule has 1 aliphatic carbocycles. The Balaban J connectivity index is 1.71. The van der Waals surface area contributed by atoms with Gasteiger partial charge in [0, 0.05) is 29.4 Å². The molecule has 1 aromatic carbocycles. The molecule has 1 aliphatic heterocycles. The largest absolute Gasteiger partial charge is 0.393 e. The fourth-order valence-electron chi connectivity index (χ4n) is 3.03. The van der Waals surface area contributed by atoms with Crippen molar-refractivity contribution in [3.05, 3.63) is 35.9 Å². The number of nitrogen functional groups attached to an aromatic ring is 1. The summed E-state index contributed by atoms with van der Waals surface area (Å²) in [5, 5.41) is 13.9. The van der Waals surface area contributed by atoms with Gasteiger partial charge >= 0.3 is 0 Å². The predicted octanol–water partition coefficient (Wildman–Crippen LogP) is 2.22. The molecule has 4 rings (SSSR count). The third kappa shape index (κ3) is 2.33. The number of hydrogen-bond acceptors (Lipinski definition) is 5. The highest BCUT2D eigenvalue weighted by molar-refractivity contribution is 5.97. The normalized spacial score (nSPS) is 23.4. The molecule has 22 heavy (non-hydrogen) atoms. The molecular weight excluding hydrogens is 276 g/mol. The van der Waals surface area contributed by atoms with Crippen LogP contribution in [0.3, 0.4) is 0 Å². The Labute approximate surface area is 128 Å². The van der Waals surface area contributed by atoms with Crippen LogP contribution in [0.4, 0.5) is 11.5 Å². The molecule has 0 bridgehead atoms. The van der Waals surface area contributed by atoms with Gasteiger partial charge in [-0.3, -0.25) is 4.99 Å². The van der Waals surface area contributed by atoms with Crippen LogP contribution in [-0.2, 0) is 0 Å².